The number of aromatic nitrogens is 2. The molecule has 0 amide bonds. The summed E-state index contributed by atoms with van der Waals surface area (Å²) in [6, 6.07) is 13.6. The van der Waals surface area contributed by atoms with Gasteiger partial charge in [-0.3, -0.25) is 4.90 Å². The minimum absolute atomic E-state index is 0.106. The number of benzene rings is 2. The van der Waals surface area contributed by atoms with Gasteiger partial charge in [0.15, 0.2) is 0 Å². The van der Waals surface area contributed by atoms with Gasteiger partial charge in [0.1, 0.15) is 29.6 Å². The number of nitrogens with one attached hydrogen (secondary N) is 1. The van der Waals surface area contributed by atoms with Crippen LogP contribution in [0, 0.1) is 11.6 Å². The number of β-amino-alcohol motifs (C(OH)–C–C–N with tert-alkyl or cyclic N) is 1. The Morgan fingerprint density at radius 1 is 0.969 bits per heavy atom. The first-order chi connectivity index (χ1) is 15.5. The van der Waals surface area contributed by atoms with Crippen molar-refractivity contribution in [3.63, 3.8) is 0 Å². The van der Waals surface area contributed by atoms with Crippen LogP contribution in [0.25, 0.3) is 0 Å². The van der Waals surface area contributed by atoms with E-state index in [1.165, 1.54) is 29.6 Å². The summed E-state index contributed by atoms with van der Waals surface area (Å²) < 4.78 is 26.9. The van der Waals surface area contributed by atoms with Crippen LogP contribution in [0.2, 0.25) is 0 Å². The molecule has 2 aliphatic heterocycles. The summed E-state index contributed by atoms with van der Waals surface area (Å²) in [5, 5.41) is 13.9. The van der Waals surface area contributed by atoms with Crippen LogP contribution in [0.1, 0.15) is 17.5 Å². The van der Waals surface area contributed by atoms with E-state index in [0.29, 0.717) is 18.2 Å². The third-order valence-corrected chi connectivity index (χ3v) is 6.29. The normalized spacial score (nSPS) is 21.3. The number of halogens is 2. The molecule has 8 heteroatoms. The number of rotatable bonds is 4. The zero-order chi connectivity index (χ0) is 22.1. The molecule has 0 aliphatic carbocycles. The van der Waals surface area contributed by atoms with Gasteiger partial charge in [0, 0.05) is 50.0 Å². The molecule has 1 saturated heterocycles. The van der Waals surface area contributed by atoms with Gasteiger partial charge >= 0.3 is 0 Å². The number of fused-ring (bicyclic) bond motifs is 1. The summed E-state index contributed by atoms with van der Waals surface area (Å²) in [5.74, 6) is -0.218. The lowest BCUT2D eigenvalue weighted by Crippen LogP contribution is -2.55. The van der Waals surface area contributed by atoms with Crippen molar-refractivity contribution in [3.8, 4) is 0 Å². The van der Waals surface area contributed by atoms with Crippen molar-refractivity contribution < 1.29 is 13.9 Å². The first-order valence-electron chi connectivity index (χ1n) is 10.8. The highest BCUT2D eigenvalue weighted by Gasteiger charge is 2.34. The van der Waals surface area contributed by atoms with Gasteiger partial charge in [-0.25, -0.2) is 18.7 Å². The van der Waals surface area contributed by atoms with Gasteiger partial charge in [0.25, 0.3) is 0 Å². The number of hydrogen-bond donors (Lipinski definition) is 2. The molecular weight excluding hydrogens is 412 g/mol. The van der Waals surface area contributed by atoms with Crippen molar-refractivity contribution in [3.05, 3.63) is 77.6 Å². The van der Waals surface area contributed by atoms with Crippen LogP contribution < -0.4 is 10.2 Å². The monoisotopic (exact) mass is 437 g/mol. The van der Waals surface area contributed by atoms with Crippen LogP contribution >= 0.6 is 0 Å². The third kappa shape index (κ3) is 4.42. The second-order valence-electron chi connectivity index (χ2n) is 8.40. The molecule has 3 heterocycles. The van der Waals surface area contributed by atoms with Crippen molar-refractivity contribution in [2.24, 2.45) is 0 Å². The van der Waals surface area contributed by atoms with Crippen molar-refractivity contribution in [2.75, 3.05) is 29.9 Å². The van der Waals surface area contributed by atoms with Crippen LogP contribution in [0.3, 0.4) is 0 Å². The standard InChI is InChI=1S/C24H25F2N5O/c25-18-9-19(26)11-20(10-18)29-23-12-24(28-15-27-23)31-8-6-21(22(32)14-31)30-7-5-16-3-1-2-4-17(16)13-30/h1-4,9-12,15,21-22,32H,5-8,13-14H2,(H,27,28,29)/t21?,22-/m0/s1. The van der Waals surface area contributed by atoms with Crippen LogP contribution in [0.15, 0.2) is 54.9 Å². The van der Waals surface area contributed by atoms with Gasteiger partial charge in [-0.2, -0.15) is 0 Å². The van der Waals surface area contributed by atoms with E-state index in [2.05, 4.69) is 44.5 Å². The van der Waals surface area contributed by atoms with E-state index in [1.54, 1.807) is 6.07 Å². The Labute approximate surface area is 185 Å². The topological polar surface area (TPSA) is 64.5 Å². The molecule has 0 bridgehead atoms. The second-order valence-corrected chi connectivity index (χ2v) is 8.40. The molecule has 1 unspecified atom stereocenters. The number of piperidine rings is 1. The summed E-state index contributed by atoms with van der Waals surface area (Å²) in [6.07, 6.45) is 2.74. The quantitative estimate of drug-likeness (QED) is 0.652. The summed E-state index contributed by atoms with van der Waals surface area (Å²) in [5.41, 5.74) is 3.01. The molecule has 166 valence electrons. The lowest BCUT2D eigenvalue weighted by molar-refractivity contribution is 0.0293. The molecule has 3 aromatic rings. The molecule has 0 saturated carbocycles. The maximum absolute atomic E-state index is 13.5. The lowest BCUT2D eigenvalue weighted by atomic mass is 9.94. The maximum atomic E-state index is 13.5. The van der Waals surface area contributed by atoms with Crippen molar-refractivity contribution in [2.45, 2.75) is 31.5 Å². The number of aliphatic hydroxyl groups excluding tert-OH is 1. The highest BCUT2D eigenvalue weighted by atomic mass is 19.1. The number of hydrogen-bond acceptors (Lipinski definition) is 6. The smallest absolute Gasteiger partial charge is 0.135 e. The number of nitrogens with zero attached hydrogens (tertiary/aromatic N) is 4. The highest BCUT2D eigenvalue weighted by Crippen LogP contribution is 2.28. The number of aliphatic hydroxyl groups is 1. The molecule has 1 aromatic heterocycles. The average Bonchev–Trinajstić information content (AvgIpc) is 2.78. The fourth-order valence-corrected chi connectivity index (χ4v) is 4.72. The minimum atomic E-state index is -0.660. The molecule has 0 spiro atoms. The summed E-state index contributed by atoms with van der Waals surface area (Å²) >= 11 is 0. The average molecular weight is 437 g/mol. The Hall–Kier alpha value is -3.10. The van der Waals surface area contributed by atoms with E-state index in [9.17, 15) is 13.9 Å². The van der Waals surface area contributed by atoms with Gasteiger partial charge in [-0.15, -0.1) is 0 Å². The summed E-state index contributed by atoms with van der Waals surface area (Å²) in [6.45, 7) is 3.03. The van der Waals surface area contributed by atoms with Gasteiger partial charge in [0.05, 0.1) is 6.10 Å². The number of anilines is 3. The van der Waals surface area contributed by atoms with E-state index < -0.39 is 17.7 Å². The predicted molar refractivity (Wildman–Crippen MR) is 119 cm³/mol. The van der Waals surface area contributed by atoms with Crippen LogP contribution in [-0.2, 0) is 13.0 Å². The molecule has 5 rings (SSSR count). The molecule has 32 heavy (non-hydrogen) atoms. The zero-order valence-corrected chi connectivity index (χ0v) is 17.6. The third-order valence-electron chi connectivity index (χ3n) is 6.29. The van der Waals surface area contributed by atoms with Gasteiger partial charge in [-0.1, -0.05) is 24.3 Å². The van der Waals surface area contributed by atoms with Gasteiger partial charge in [0.2, 0.25) is 0 Å². The van der Waals surface area contributed by atoms with Crippen LogP contribution in [-0.4, -0.2) is 51.8 Å². The molecule has 2 N–H and O–H groups in total. The van der Waals surface area contributed by atoms with E-state index in [4.69, 9.17) is 0 Å². The molecule has 0 radical (unpaired) electrons. The molecule has 6 nitrogen and oxygen atoms in total. The van der Waals surface area contributed by atoms with E-state index >= 15 is 0 Å². The molecule has 1 fully saturated rings. The Morgan fingerprint density at radius 2 is 1.75 bits per heavy atom. The molecule has 2 aromatic carbocycles. The van der Waals surface area contributed by atoms with Gasteiger partial charge < -0.3 is 15.3 Å². The Kier molecular flexibility index (Phi) is 5.71. The van der Waals surface area contributed by atoms with Crippen LogP contribution in [0.5, 0.6) is 0 Å². The van der Waals surface area contributed by atoms with Crippen molar-refractivity contribution >= 4 is 17.3 Å². The highest BCUT2D eigenvalue weighted by molar-refractivity contribution is 5.59. The minimum Gasteiger partial charge on any atom is -0.390 e. The Balaban J connectivity index is 1.25. The second kappa shape index (κ2) is 8.80. The predicted octanol–water partition coefficient (Wildman–Crippen LogP) is 3.50. The van der Waals surface area contributed by atoms with Crippen molar-refractivity contribution in [1.29, 1.82) is 0 Å². The largest absolute Gasteiger partial charge is 0.390 e. The van der Waals surface area contributed by atoms with E-state index in [1.807, 2.05) is 4.90 Å². The van der Waals surface area contributed by atoms with Gasteiger partial charge in [-0.05, 0) is 36.1 Å². The van der Waals surface area contributed by atoms with E-state index in [0.717, 1.165) is 38.5 Å². The van der Waals surface area contributed by atoms with Crippen molar-refractivity contribution in [1.82, 2.24) is 14.9 Å². The summed E-state index contributed by atoms with van der Waals surface area (Å²) in [7, 11) is 0. The lowest BCUT2D eigenvalue weighted by Gasteiger charge is -2.43. The van der Waals surface area contributed by atoms with Crippen LogP contribution in [0.4, 0.5) is 26.1 Å². The summed E-state index contributed by atoms with van der Waals surface area (Å²) in [4.78, 5) is 12.9. The fraction of sp³-hybridized carbons (Fsp3) is 0.333. The molecular formula is C24H25F2N5O. The van der Waals surface area contributed by atoms with E-state index in [-0.39, 0.29) is 11.7 Å². The fourth-order valence-electron chi connectivity index (χ4n) is 4.72. The molecule has 2 atom stereocenters. The zero-order valence-electron chi connectivity index (χ0n) is 17.6. The first-order valence-corrected chi connectivity index (χ1v) is 10.8. The first kappa shape index (κ1) is 20.8. The Bertz CT molecular complexity index is 1090. The molecule has 2 aliphatic rings. The SMILES string of the molecule is O[C@H]1CN(c2cc(Nc3cc(F)cc(F)c3)ncn2)CCC1N1CCc2ccccc2C1. The maximum Gasteiger partial charge on any atom is 0.135 e. The Morgan fingerprint density at radius 3 is 2.53 bits per heavy atom.